The molecule has 11 heteroatoms. The maximum absolute atomic E-state index is 12.1. The first-order chi connectivity index (χ1) is 9.82. The van der Waals surface area contributed by atoms with E-state index in [0.29, 0.717) is 0 Å². The Morgan fingerprint density at radius 1 is 1.32 bits per heavy atom. The summed E-state index contributed by atoms with van der Waals surface area (Å²) in [5.74, 6) is 0. The van der Waals surface area contributed by atoms with Crippen LogP contribution < -0.4 is 0 Å². The molecule has 7 nitrogen and oxygen atoms in total. The van der Waals surface area contributed by atoms with Crippen molar-refractivity contribution >= 4 is 16.2 Å². The number of ether oxygens (including phenoxy) is 2. The number of halogens is 3. The maximum atomic E-state index is 12.1. The van der Waals surface area contributed by atoms with Gasteiger partial charge in [-0.05, 0) is 20.8 Å². The van der Waals surface area contributed by atoms with E-state index in [1.54, 1.807) is 20.8 Å². The zero-order valence-electron chi connectivity index (χ0n) is 12.3. The molecule has 22 heavy (non-hydrogen) atoms. The maximum Gasteiger partial charge on any atom is 0.523 e. The molecule has 0 bridgehead atoms. The smallest absolute Gasteiger partial charge is 0.444 e. The second-order valence-electron chi connectivity index (χ2n) is 5.60. The molecule has 0 aromatic rings. The van der Waals surface area contributed by atoms with Gasteiger partial charge in [-0.1, -0.05) is 0 Å². The predicted molar refractivity (Wildman–Crippen MR) is 68.5 cm³/mol. The molecule has 1 heterocycles. The molecule has 1 amide bonds. The fourth-order valence-electron chi connectivity index (χ4n) is 1.54. The molecular weight excluding hydrogens is 331 g/mol. The number of carbonyl (C=O) groups is 1. The van der Waals surface area contributed by atoms with Gasteiger partial charge in [0.15, 0.2) is 0 Å². The molecule has 0 aliphatic carbocycles. The third kappa shape index (κ3) is 5.61. The highest BCUT2D eigenvalue weighted by Gasteiger charge is 2.47. The summed E-state index contributed by atoms with van der Waals surface area (Å²) in [6.07, 6.45) is -1.64. The number of amides is 1. The Morgan fingerprint density at radius 2 is 1.91 bits per heavy atom. The number of hydrogen-bond acceptors (Lipinski definition) is 6. The first kappa shape index (κ1) is 19.0. The number of hydrogen-bond donors (Lipinski definition) is 0. The van der Waals surface area contributed by atoms with Crippen LogP contribution in [0.1, 0.15) is 20.8 Å². The Kier molecular flexibility index (Phi) is 5.68. The Morgan fingerprint density at radius 3 is 2.41 bits per heavy atom. The van der Waals surface area contributed by atoms with E-state index in [4.69, 9.17) is 9.47 Å². The van der Waals surface area contributed by atoms with E-state index in [-0.39, 0.29) is 19.7 Å². The standard InChI is InChI=1S/C11H18F3NO6S/c1-10(2,3)21-9(16)15-4-5-19-8(6-15)7-20-22(17,18)11(12,13)14/h8H,4-7H2,1-3H3. The molecule has 1 rings (SSSR count). The number of rotatable bonds is 3. The summed E-state index contributed by atoms with van der Waals surface area (Å²) in [5.41, 5.74) is -6.21. The molecule has 1 saturated heterocycles. The average Bonchev–Trinajstić information content (AvgIpc) is 2.33. The monoisotopic (exact) mass is 349 g/mol. The van der Waals surface area contributed by atoms with E-state index >= 15 is 0 Å². The van der Waals surface area contributed by atoms with Gasteiger partial charge >= 0.3 is 21.7 Å². The highest BCUT2D eigenvalue weighted by molar-refractivity contribution is 7.87. The van der Waals surface area contributed by atoms with Crippen LogP contribution in [0.25, 0.3) is 0 Å². The van der Waals surface area contributed by atoms with E-state index in [0.717, 1.165) is 0 Å². The van der Waals surface area contributed by atoms with Crippen LogP contribution in [0.3, 0.4) is 0 Å². The Hall–Kier alpha value is -1.07. The molecular formula is C11H18F3NO6S. The van der Waals surface area contributed by atoms with Crippen molar-refractivity contribution in [1.82, 2.24) is 4.90 Å². The van der Waals surface area contributed by atoms with Gasteiger partial charge in [-0.25, -0.2) is 4.79 Å². The summed E-state index contributed by atoms with van der Waals surface area (Å²) in [6.45, 7) is 4.28. The number of alkyl halides is 3. The molecule has 1 atom stereocenters. The van der Waals surface area contributed by atoms with Crippen molar-refractivity contribution in [2.24, 2.45) is 0 Å². The second-order valence-corrected chi connectivity index (χ2v) is 7.21. The number of morpholine rings is 1. The molecule has 1 aliphatic rings. The highest BCUT2D eigenvalue weighted by atomic mass is 32.2. The Balaban J connectivity index is 2.56. The van der Waals surface area contributed by atoms with E-state index in [2.05, 4.69) is 4.18 Å². The normalized spacial score (nSPS) is 20.8. The predicted octanol–water partition coefficient (Wildman–Crippen LogP) is 1.49. The van der Waals surface area contributed by atoms with Crippen LogP contribution in [-0.2, 0) is 23.8 Å². The van der Waals surface area contributed by atoms with Gasteiger partial charge in [0, 0.05) is 6.54 Å². The molecule has 0 aromatic heterocycles. The summed E-state index contributed by atoms with van der Waals surface area (Å²) < 4.78 is 72.1. The van der Waals surface area contributed by atoms with Gasteiger partial charge in [0.25, 0.3) is 0 Å². The van der Waals surface area contributed by atoms with Gasteiger partial charge in [0.1, 0.15) is 11.7 Å². The van der Waals surface area contributed by atoms with Gasteiger partial charge in [-0.3, -0.25) is 4.18 Å². The Bertz CT molecular complexity index is 499. The van der Waals surface area contributed by atoms with Crippen LogP contribution >= 0.6 is 0 Å². The molecule has 1 fully saturated rings. The fraction of sp³-hybridized carbons (Fsp3) is 0.909. The lowest BCUT2D eigenvalue weighted by Crippen LogP contribution is -2.49. The van der Waals surface area contributed by atoms with Gasteiger partial charge < -0.3 is 14.4 Å². The van der Waals surface area contributed by atoms with Gasteiger partial charge in [0.05, 0.1) is 19.8 Å². The van der Waals surface area contributed by atoms with Crippen molar-refractivity contribution in [3.63, 3.8) is 0 Å². The third-order valence-corrected chi connectivity index (χ3v) is 3.50. The molecule has 130 valence electrons. The quantitative estimate of drug-likeness (QED) is 0.567. The van der Waals surface area contributed by atoms with E-state index in [9.17, 15) is 26.4 Å². The zero-order valence-corrected chi connectivity index (χ0v) is 13.2. The van der Waals surface area contributed by atoms with E-state index < -0.39 is 40.0 Å². The zero-order chi connectivity index (χ0) is 17.2. The summed E-state index contributed by atoms with van der Waals surface area (Å²) >= 11 is 0. The summed E-state index contributed by atoms with van der Waals surface area (Å²) in [7, 11) is -5.68. The van der Waals surface area contributed by atoms with Gasteiger partial charge in [-0.15, -0.1) is 0 Å². The highest BCUT2D eigenvalue weighted by Crippen LogP contribution is 2.25. The first-order valence-corrected chi connectivity index (χ1v) is 7.78. The SMILES string of the molecule is CC(C)(C)OC(=O)N1CCOC(COS(=O)(=O)C(F)(F)F)C1. The van der Waals surface area contributed by atoms with Crippen molar-refractivity contribution in [3.8, 4) is 0 Å². The largest absolute Gasteiger partial charge is 0.523 e. The van der Waals surface area contributed by atoms with E-state index in [1.165, 1.54) is 4.90 Å². The number of nitrogens with zero attached hydrogens (tertiary/aromatic N) is 1. The van der Waals surface area contributed by atoms with Gasteiger partial charge in [0.2, 0.25) is 0 Å². The minimum Gasteiger partial charge on any atom is -0.444 e. The summed E-state index contributed by atoms with van der Waals surface area (Å²) in [5, 5.41) is 0. The number of carbonyl (C=O) groups excluding carboxylic acids is 1. The topological polar surface area (TPSA) is 82.1 Å². The summed E-state index contributed by atoms with van der Waals surface area (Å²) in [4.78, 5) is 13.1. The van der Waals surface area contributed by atoms with Crippen molar-refractivity contribution < 1.29 is 40.0 Å². The van der Waals surface area contributed by atoms with Crippen LogP contribution in [0.5, 0.6) is 0 Å². The Labute approximate surface area is 126 Å². The fourth-order valence-corrected chi connectivity index (χ4v) is 2.01. The average molecular weight is 349 g/mol. The van der Waals surface area contributed by atoms with Crippen molar-refractivity contribution in [1.29, 1.82) is 0 Å². The van der Waals surface area contributed by atoms with Crippen LogP contribution in [0.2, 0.25) is 0 Å². The lowest BCUT2D eigenvalue weighted by atomic mass is 10.2. The van der Waals surface area contributed by atoms with Crippen LogP contribution in [-0.4, -0.2) is 62.9 Å². The molecule has 0 saturated carbocycles. The van der Waals surface area contributed by atoms with Crippen molar-refractivity contribution in [3.05, 3.63) is 0 Å². The molecule has 0 radical (unpaired) electrons. The first-order valence-electron chi connectivity index (χ1n) is 6.37. The second kappa shape index (κ2) is 6.59. The third-order valence-electron chi connectivity index (χ3n) is 2.48. The summed E-state index contributed by atoms with van der Waals surface area (Å²) in [6, 6.07) is 0. The molecule has 0 spiro atoms. The van der Waals surface area contributed by atoms with Crippen LogP contribution in [0, 0.1) is 0 Å². The lowest BCUT2D eigenvalue weighted by molar-refractivity contribution is -0.0712. The molecule has 1 aliphatic heterocycles. The van der Waals surface area contributed by atoms with Crippen LogP contribution in [0.4, 0.5) is 18.0 Å². The molecule has 0 N–H and O–H groups in total. The minimum atomic E-state index is -5.68. The molecule has 0 aromatic carbocycles. The van der Waals surface area contributed by atoms with E-state index in [1.807, 2.05) is 0 Å². The lowest BCUT2D eigenvalue weighted by Gasteiger charge is -2.33. The van der Waals surface area contributed by atoms with Crippen molar-refractivity contribution in [2.45, 2.75) is 38.0 Å². The minimum absolute atomic E-state index is 0.0410. The molecule has 1 unspecified atom stereocenters. The van der Waals surface area contributed by atoms with Gasteiger partial charge in [-0.2, -0.15) is 21.6 Å². The van der Waals surface area contributed by atoms with Crippen molar-refractivity contribution in [2.75, 3.05) is 26.3 Å². The van der Waals surface area contributed by atoms with Crippen LogP contribution in [0.15, 0.2) is 0 Å².